The second-order valence-electron chi connectivity index (χ2n) is 4.98. The lowest BCUT2D eigenvalue weighted by Crippen LogP contribution is -2.15. The molecular formula is C15H12N2O3S. The molecule has 3 aromatic rings. The van der Waals surface area contributed by atoms with Crippen molar-refractivity contribution in [3.05, 3.63) is 59.9 Å². The second-order valence-corrected chi connectivity index (χ2v) is 6.80. The van der Waals surface area contributed by atoms with Gasteiger partial charge in [-0.15, -0.1) is 0 Å². The van der Waals surface area contributed by atoms with Crippen molar-refractivity contribution in [3.8, 4) is 11.5 Å². The van der Waals surface area contributed by atoms with Crippen molar-refractivity contribution in [1.82, 2.24) is 9.13 Å². The lowest BCUT2D eigenvalue weighted by atomic mass is 9.97. The van der Waals surface area contributed by atoms with Crippen molar-refractivity contribution in [2.24, 2.45) is 0 Å². The number of benzene rings is 1. The Morgan fingerprint density at radius 1 is 1.05 bits per heavy atom. The zero-order chi connectivity index (χ0) is 14.4. The molecule has 2 heterocycles. The van der Waals surface area contributed by atoms with E-state index in [1.165, 1.54) is 3.97 Å². The quantitative estimate of drug-likeness (QED) is 0.729. The summed E-state index contributed by atoms with van der Waals surface area (Å²) in [7, 11) is -3.63. The molecule has 1 aliphatic carbocycles. The Bertz CT molecular complexity index is 908. The first-order valence-corrected chi connectivity index (χ1v) is 8.07. The van der Waals surface area contributed by atoms with E-state index in [4.69, 9.17) is 4.52 Å². The molecule has 0 saturated carbocycles. The van der Waals surface area contributed by atoms with Crippen LogP contribution in [0.5, 0.6) is 0 Å². The van der Waals surface area contributed by atoms with Crippen LogP contribution in [0.1, 0.15) is 11.1 Å². The van der Waals surface area contributed by atoms with Crippen LogP contribution in [-0.2, 0) is 22.9 Å². The lowest BCUT2D eigenvalue weighted by molar-refractivity contribution is 0.428. The standard InChI is InChI=1S/C15H12N2O3S/c18-21(19,13-4-2-1-3-5-13)17-9-8-11-6-7-12-10-16-20-15(12)14(11)17/h1-5,8-10H,6-7H2. The first kappa shape index (κ1) is 12.4. The van der Waals surface area contributed by atoms with Gasteiger partial charge in [0.25, 0.3) is 10.0 Å². The van der Waals surface area contributed by atoms with Gasteiger partial charge in [-0.05, 0) is 36.6 Å². The molecule has 0 bridgehead atoms. The maximum atomic E-state index is 12.8. The zero-order valence-corrected chi connectivity index (χ0v) is 11.9. The fourth-order valence-corrected chi connectivity index (χ4v) is 4.10. The number of hydrogen-bond acceptors (Lipinski definition) is 4. The summed E-state index contributed by atoms with van der Waals surface area (Å²) in [6, 6.07) is 10.2. The molecule has 0 radical (unpaired) electrons. The van der Waals surface area contributed by atoms with Crippen molar-refractivity contribution in [3.63, 3.8) is 0 Å². The Morgan fingerprint density at radius 3 is 2.62 bits per heavy atom. The average Bonchev–Trinajstić information content (AvgIpc) is 3.14. The SMILES string of the molecule is O=S(=O)(c1ccccc1)n1ccc2c1-c1oncc1CC2. The van der Waals surface area contributed by atoms with Crippen LogP contribution in [-0.4, -0.2) is 17.5 Å². The molecule has 0 N–H and O–H groups in total. The fourth-order valence-electron chi connectivity index (χ4n) is 2.71. The summed E-state index contributed by atoms with van der Waals surface area (Å²) in [4.78, 5) is 0.259. The monoisotopic (exact) mass is 300 g/mol. The molecule has 2 aromatic heterocycles. The molecule has 0 saturated heterocycles. The summed E-state index contributed by atoms with van der Waals surface area (Å²) >= 11 is 0. The first-order chi connectivity index (χ1) is 10.2. The van der Waals surface area contributed by atoms with Gasteiger partial charge < -0.3 is 4.52 Å². The van der Waals surface area contributed by atoms with Gasteiger partial charge in [0.2, 0.25) is 0 Å². The molecule has 1 aromatic carbocycles. The molecule has 0 fully saturated rings. The fraction of sp³-hybridized carbons (Fsp3) is 0.133. The molecule has 0 spiro atoms. The van der Waals surface area contributed by atoms with Gasteiger partial charge in [0.1, 0.15) is 5.69 Å². The first-order valence-electron chi connectivity index (χ1n) is 6.63. The van der Waals surface area contributed by atoms with Crippen molar-refractivity contribution in [1.29, 1.82) is 0 Å². The highest BCUT2D eigenvalue weighted by molar-refractivity contribution is 7.90. The minimum atomic E-state index is -3.63. The number of fused-ring (bicyclic) bond motifs is 3. The van der Waals surface area contributed by atoms with Gasteiger partial charge in [0, 0.05) is 11.8 Å². The van der Waals surface area contributed by atoms with Gasteiger partial charge >= 0.3 is 0 Å². The number of aromatic nitrogens is 2. The van der Waals surface area contributed by atoms with Gasteiger partial charge in [-0.25, -0.2) is 12.4 Å². The Labute approximate surface area is 121 Å². The normalized spacial score (nSPS) is 13.7. The molecule has 1 aliphatic rings. The third-order valence-electron chi connectivity index (χ3n) is 3.76. The van der Waals surface area contributed by atoms with E-state index < -0.39 is 10.0 Å². The molecule has 0 aliphatic heterocycles. The minimum Gasteiger partial charge on any atom is -0.354 e. The predicted molar refractivity (Wildman–Crippen MR) is 76.4 cm³/mol. The van der Waals surface area contributed by atoms with E-state index in [9.17, 15) is 8.42 Å². The van der Waals surface area contributed by atoms with E-state index in [0.29, 0.717) is 11.5 Å². The van der Waals surface area contributed by atoms with E-state index in [1.54, 1.807) is 42.7 Å². The van der Waals surface area contributed by atoms with Crippen molar-refractivity contribution in [2.75, 3.05) is 0 Å². The summed E-state index contributed by atoms with van der Waals surface area (Å²) in [5.41, 5.74) is 2.52. The molecule has 6 heteroatoms. The van der Waals surface area contributed by atoms with E-state index in [2.05, 4.69) is 5.16 Å². The Balaban J connectivity index is 1.96. The van der Waals surface area contributed by atoms with Gasteiger partial charge in [0.15, 0.2) is 5.76 Å². The highest BCUT2D eigenvalue weighted by atomic mass is 32.2. The summed E-state index contributed by atoms with van der Waals surface area (Å²) in [6.45, 7) is 0. The largest absolute Gasteiger partial charge is 0.354 e. The molecule has 106 valence electrons. The second kappa shape index (κ2) is 4.33. The zero-order valence-electron chi connectivity index (χ0n) is 11.1. The van der Waals surface area contributed by atoms with Crippen molar-refractivity contribution in [2.45, 2.75) is 17.7 Å². The van der Waals surface area contributed by atoms with E-state index >= 15 is 0 Å². The van der Waals surface area contributed by atoms with E-state index in [-0.39, 0.29) is 4.90 Å². The number of rotatable bonds is 2. The van der Waals surface area contributed by atoms with E-state index in [1.807, 2.05) is 6.07 Å². The average molecular weight is 300 g/mol. The molecule has 21 heavy (non-hydrogen) atoms. The van der Waals surface area contributed by atoms with Crippen molar-refractivity contribution < 1.29 is 12.9 Å². The van der Waals surface area contributed by atoms with Crippen LogP contribution in [0.25, 0.3) is 11.5 Å². The maximum Gasteiger partial charge on any atom is 0.268 e. The summed E-state index contributed by atoms with van der Waals surface area (Å²) in [5.74, 6) is 0.556. The summed E-state index contributed by atoms with van der Waals surface area (Å²) < 4.78 is 32.2. The molecule has 4 rings (SSSR count). The number of hydrogen-bond donors (Lipinski definition) is 0. The predicted octanol–water partition coefficient (Wildman–Crippen LogP) is 2.48. The molecular weight excluding hydrogens is 288 g/mol. The van der Waals surface area contributed by atoms with Crippen LogP contribution >= 0.6 is 0 Å². The van der Waals surface area contributed by atoms with Crippen LogP contribution in [0.3, 0.4) is 0 Å². The highest BCUT2D eigenvalue weighted by Crippen LogP contribution is 2.35. The van der Waals surface area contributed by atoms with Crippen LogP contribution < -0.4 is 0 Å². The maximum absolute atomic E-state index is 12.8. The van der Waals surface area contributed by atoms with Crippen LogP contribution in [0.15, 0.2) is 58.2 Å². The highest BCUT2D eigenvalue weighted by Gasteiger charge is 2.29. The molecule has 5 nitrogen and oxygen atoms in total. The third-order valence-corrected chi connectivity index (χ3v) is 5.45. The van der Waals surface area contributed by atoms with Gasteiger partial charge in [0.05, 0.1) is 11.1 Å². The summed E-state index contributed by atoms with van der Waals surface area (Å²) in [5, 5.41) is 3.80. The Kier molecular flexibility index (Phi) is 2.56. The van der Waals surface area contributed by atoms with Crippen LogP contribution in [0, 0.1) is 0 Å². The topological polar surface area (TPSA) is 65.1 Å². The molecule has 0 amide bonds. The smallest absolute Gasteiger partial charge is 0.268 e. The van der Waals surface area contributed by atoms with Gasteiger partial charge in [-0.2, -0.15) is 0 Å². The van der Waals surface area contributed by atoms with Crippen LogP contribution in [0.4, 0.5) is 0 Å². The molecule has 0 atom stereocenters. The van der Waals surface area contributed by atoms with Gasteiger partial charge in [-0.1, -0.05) is 23.4 Å². The third kappa shape index (κ3) is 1.76. The Morgan fingerprint density at radius 2 is 1.81 bits per heavy atom. The molecule has 0 unspecified atom stereocenters. The Hall–Kier alpha value is -2.34. The minimum absolute atomic E-state index is 0.259. The van der Waals surface area contributed by atoms with Crippen LogP contribution in [0.2, 0.25) is 0 Å². The lowest BCUT2D eigenvalue weighted by Gasteiger charge is -2.14. The number of aryl methyl sites for hydroxylation is 2. The number of nitrogens with zero attached hydrogens (tertiary/aromatic N) is 2. The van der Waals surface area contributed by atoms with Gasteiger partial charge in [-0.3, -0.25) is 0 Å². The van der Waals surface area contributed by atoms with Crippen molar-refractivity contribution >= 4 is 10.0 Å². The summed E-state index contributed by atoms with van der Waals surface area (Å²) in [6.07, 6.45) is 4.86. The van der Waals surface area contributed by atoms with E-state index in [0.717, 1.165) is 24.0 Å².